The third kappa shape index (κ3) is 6.07. The molecule has 1 heterocycles. The van der Waals surface area contributed by atoms with Gasteiger partial charge in [-0.05, 0) is 48.4 Å². The summed E-state index contributed by atoms with van der Waals surface area (Å²) in [5.74, 6) is -0.434. The zero-order valence-corrected chi connectivity index (χ0v) is 18.2. The number of benzene rings is 2. The number of nitrogens with one attached hydrogen (secondary N) is 2. The first kappa shape index (κ1) is 22.3. The summed E-state index contributed by atoms with van der Waals surface area (Å²) in [6.45, 7) is 4.61. The van der Waals surface area contributed by atoms with Crippen LogP contribution in [0, 0.1) is 0 Å². The number of unbranched alkanes of at least 4 members (excludes halogenated alkanes) is 1. The SMILES string of the molecule is CCCCN(C)c1ccc(C(=O)NCc2ccc(C(=O)N3CCNC(=O)C3)cc2)cc1. The van der Waals surface area contributed by atoms with Crippen LogP contribution in [0.25, 0.3) is 0 Å². The van der Waals surface area contributed by atoms with Gasteiger partial charge in [0.25, 0.3) is 11.8 Å². The maximum atomic E-state index is 12.5. The van der Waals surface area contributed by atoms with Crippen molar-refractivity contribution in [1.82, 2.24) is 15.5 Å². The molecule has 164 valence electrons. The van der Waals surface area contributed by atoms with Crippen molar-refractivity contribution in [2.45, 2.75) is 26.3 Å². The smallest absolute Gasteiger partial charge is 0.254 e. The molecule has 7 heteroatoms. The molecule has 0 unspecified atom stereocenters. The van der Waals surface area contributed by atoms with E-state index >= 15 is 0 Å². The van der Waals surface area contributed by atoms with Crippen molar-refractivity contribution in [1.29, 1.82) is 0 Å². The quantitative estimate of drug-likeness (QED) is 0.685. The van der Waals surface area contributed by atoms with E-state index in [0.29, 0.717) is 30.8 Å². The lowest BCUT2D eigenvalue weighted by Gasteiger charge is -2.26. The minimum atomic E-state index is -0.158. The average molecular weight is 423 g/mol. The van der Waals surface area contributed by atoms with E-state index in [9.17, 15) is 14.4 Å². The summed E-state index contributed by atoms with van der Waals surface area (Å²) in [6.07, 6.45) is 2.28. The van der Waals surface area contributed by atoms with E-state index in [2.05, 4.69) is 29.5 Å². The Morgan fingerprint density at radius 2 is 1.74 bits per heavy atom. The number of hydrogen-bond donors (Lipinski definition) is 2. The zero-order valence-electron chi connectivity index (χ0n) is 18.2. The van der Waals surface area contributed by atoms with E-state index < -0.39 is 0 Å². The molecule has 7 nitrogen and oxygen atoms in total. The maximum Gasteiger partial charge on any atom is 0.254 e. The lowest BCUT2D eigenvalue weighted by Crippen LogP contribution is -2.49. The topological polar surface area (TPSA) is 81.8 Å². The lowest BCUT2D eigenvalue weighted by atomic mass is 10.1. The Balaban J connectivity index is 1.52. The van der Waals surface area contributed by atoms with Crippen molar-refractivity contribution in [3.05, 3.63) is 65.2 Å². The molecule has 0 bridgehead atoms. The average Bonchev–Trinajstić information content (AvgIpc) is 2.81. The third-order valence-electron chi connectivity index (χ3n) is 5.40. The van der Waals surface area contributed by atoms with E-state index in [0.717, 1.165) is 30.6 Å². The van der Waals surface area contributed by atoms with Crippen LogP contribution in [0.2, 0.25) is 0 Å². The van der Waals surface area contributed by atoms with E-state index in [1.54, 1.807) is 17.0 Å². The highest BCUT2D eigenvalue weighted by molar-refractivity contribution is 5.97. The molecule has 1 aliphatic heterocycles. The van der Waals surface area contributed by atoms with Gasteiger partial charge < -0.3 is 20.4 Å². The number of carbonyl (C=O) groups excluding carboxylic acids is 3. The zero-order chi connectivity index (χ0) is 22.2. The van der Waals surface area contributed by atoms with E-state index in [1.807, 2.05) is 36.4 Å². The summed E-state index contributed by atoms with van der Waals surface area (Å²) in [5.41, 5.74) is 3.14. The van der Waals surface area contributed by atoms with Gasteiger partial charge in [0.15, 0.2) is 0 Å². The van der Waals surface area contributed by atoms with Gasteiger partial charge in [0.05, 0.1) is 6.54 Å². The van der Waals surface area contributed by atoms with Crippen LogP contribution in [0.15, 0.2) is 48.5 Å². The van der Waals surface area contributed by atoms with Crippen LogP contribution in [0.1, 0.15) is 46.0 Å². The van der Waals surface area contributed by atoms with Crippen LogP contribution in [-0.4, -0.2) is 55.8 Å². The van der Waals surface area contributed by atoms with Crippen LogP contribution in [0.4, 0.5) is 5.69 Å². The van der Waals surface area contributed by atoms with Gasteiger partial charge in [-0.2, -0.15) is 0 Å². The fourth-order valence-corrected chi connectivity index (χ4v) is 3.44. The van der Waals surface area contributed by atoms with Crippen LogP contribution >= 0.6 is 0 Å². The first-order valence-electron chi connectivity index (χ1n) is 10.7. The normalized spacial score (nSPS) is 13.5. The monoisotopic (exact) mass is 422 g/mol. The Labute approximate surface area is 183 Å². The summed E-state index contributed by atoms with van der Waals surface area (Å²) < 4.78 is 0. The Kier molecular flexibility index (Phi) is 7.65. The van der Waals surface area contributed by atoms with E-state index in [-0.39, 0.29) is 24.3 Å². The number of nitrogens with zero attached hydrogens (tertiary/aromatic N) is 2. The number of hydrogen-bond acceptors (Lipinski definition) is 4. The molecule has 3 amide bonds. The molecule has 0 aromatic heterocycles. The molecule has 2 aromatic carbocycles. The summed E-state index contributed by atoms with van der Waals surface area (Å²) in [6, 6.07) is 14.7. The number of anilines is 1. The predicted molar refractivity (Wildman–Crippen MR) is 121 cm³/mol. The summed E-state index contributed by atoms with van der Waals surface area (Å²) in [7, 11) is 2.05. The van der Waals surface area contributed by atoms with Crippen molar-refractivity contribution in [2.75, 3.05) is 38.1 Å². The lowest BCUT2D eigenvalue weighted by molar-refractivity contribution is -0.123. The second-order valence-corrected chi connectivity index (χ2v) is 7.78. The van der Waals surface area contributed by atoms with Crippen molar-refractivity contribution in [3.63, 3.8) is 0 Å². The highest BCUT2D eigenvalue weighted by Gasteiger charge is 2.22. The van der Waals surface area contributed by atoms with E-state index in [4.69, 9.17) is 0 Å². The van der Waals surface area contributed by atoms with Gasteiger partial charge in [-0.3, -0.25) is 14.4 Å². The van der Waals surface area contributed by atoms with Crippen molar-refractivity contribution < 1.29 is 14.4 Å². The Morgan fingerprint density at radius 1 is 1.06 bits per heavy atom. The number of piperazine rings is 1. The standard InChI is InChI=1S/C24H30N4O3/c1-3-4-14-27(2)21-11-9-19(10-12-21)23(30)26-16-18-5-7-20(8-6-18)24(31)28-15-13-25-22(29)17-28/h5-12H,3-4,13-17H2,1-2H3,(H,25,29)(H,26,30). The second kappa shape index (κ2) is 10.6. The highest BCUT2D eigenvalue weighted by atomic mass is 16.2. The molecule has 1 saturated heterocycles. The summed E-state index contributed by atoms with van der Waals surface area (Å²) >= 11 is 0. The van der Waals surface area contributed by atoms with Gasteiger partial charge in [-0.25, -0.2) is 0 Å². The molecule has 0 atom stereocenters. The molecule has 0 radical (unpaired) electrons. The van der Waals surface area contributed by atoms with Crippen LogP contribution < -0.4 is 15.5 Å². The summed E-state index contributed by atoms with van der Waals surface area (Å²) in [5, 5.41) is 5.62. The number of rotatable bonds is 8. The minimum absolute atomic E-state index is 0.0871. The Hall–Kier alpha value is -3.35. The van der Waals surface area contributed by atoms with Gasteiger partial charge >= 0.3 is 0 Å². The Bertz CT molecular complexity index is 909. The van der Waals surface area contributed by atoms with Crippen molar-refractivity contribution in [2.24, 2.45) is 0 Å². The first-order chi connectivity index (χ1) is 15.0. The van der Waals surface area contributed by atoms with Gasteiger partial charge in [-0.15, -0.1) is 0 Å². The van der Waals surface area contributed by atoms with Crippen LogP contribution in [0.3, 0.4) is 0 Å². The van der Waals surface area contributed by atoms with E-state index in [1.165, 1.54) is 0 Å². The Morgan fingerprint density at radius 3 is 2.39 bits per heavy atom. The molecular weight excluding hydrogens is 392 g/mol. The van der Waals surface area contributed by atoms with Crippen molar-refractivity contribution >= 4 is 23.4 Å². The molecule has 2 aromatic rings. The molecule has 1 aliphatic rings. The van der Waals surface area contributed by atoms with Gasteiger partial charge in [0.2, 0.25) is 5.91 Å². The molecule has 3 rings (SSSR count). The first-order valence-corrected chi connectivity index (χ1v) is 10.7. The fraction of sp³-hybridized carbons (Fsp3) is 0.375. The molecule has 1 fully saturated rings. The van der Waals surface area contributed by atoms with Crippen LogP contribution in [-0.2, 0) is 11.3 Å². The van der Waals surface area contributed by atoms with Gasteiger partial charge in [0.1, 0.15) is 0 Å². The minimum Gasteiger partial charge on any atom is -0.375 e. The molecule has 0 aliphatic carbocycles. The molecule has 2 N–H and O–H groups in total. The highest BCUT2D eigenvalue weighted by Crippen LogP contribution is 2.15. The number of carbonyl (C=O) groups is 3. The second-order valence-electron chi connectivity index (χ2n) is 7.78. The molecular formula is C24H30N4O3. The summed E-state index contributed by atoms with van der Waals surface area (Å²) in [4.78, 5) is 40.2. The molecule has 31 heavy (non-hydrogen) atoms. The van der Waals surface area contributed by atoms with Crippen molar-refractivity contribution in [3.8, 4) is 0 Å². The number of amides is 3. The van der Waals surface area contributed by atoms with Gasteiger partial charge in [0, 0.05) is 50.0 Å². The maximum absolute atomic E-state index is 12.5. The van der Waals surface area contributed by atoms with Gasteiger partial charge in [-0.1, -0.05) is 25.5 Å². The molecule has 0 saturated carbocycles. The predicted octanol–water partition coefficient (Wildman–Crippen LogP) is 2.42. The largest absolute Gasteiger partial charge is 0.375 e. The fourth-order valence-electron chi connectivity index (χ4n) is 3.44. The molecule has 0 spiro atoms. The van der Waals surface area contributed by atoms with Crippen LogP contribution in [0.5, 0.6) is 0 Å². The third-order valence-corrected chi connectivity index (χ3v) is 5.40.